The second-order valence-corrected chi connectivity index (χ2v) is 5.77. The summed E-state index contributed by atoms with van der Waals surface area (Å²) in [6.07, 6.45) is 1.01. The number of urea groups is 1. The number of hydrogen-bond donors (Lipinski definition) is 3. The molecule has 21 heavy (non-hydrogen) atoms. The first kappa shape index (κ1) is 17.7. The smallest absolute Gasteiger partial charge is 0.319 e. The Labute approximate surface area is 135 Å². The standard InChI is InChI=1S/C13H15BrClFN2O3/c1-7(12(19)20)3-2-4-17-13(21)18-11-9(14)5-8(16)6-10(11)15/h5-7H,2-4H2,1H3,(H,19,20)(H2,17,18,21). The molecule has 1 rings (SSSR count). The van der Waals surface area contributed by atoms with Crippen molar-refractivity contribution >= 4 is 45.2 Å². The number of carbonyl (C=O) groups is 2. The molecule has 2 amide bonds. The Morgan fingerprint density at radius 2 is 2.14 bits per heavy atom. The van der Waals surface area contributed by atoms with Crippen molar-refractivity contribution in [2.45, 2.75) is 19.8 Å². The van der Waals surface area contributed by atoms with Crippen LogP contribution in [-0.2, 0) is 4.79 Å². The molecule has 0 saturated carbocycles. The van der Waals surface area contributed by atoms with Crippen molar-refractivity contribution in [3.8, 4) is 0 Å². The van der Waals surface area contributed by atoms with E-state index in [0.29, 0.717) is 23.9 Å². The average Bonchev–Trinajstić information content (AvgIpc) is 2.38. The van der Waals surface area contributed by atoms with Gasteiger partial charge < -0.3 is 15.7 Å². The predicted octanol–water partition coefficient (Wildman–Crippen LogP) is 3.86. The number of aliphatic carboxylic acids is 1. The van der Waals surface area contributed by atoms with E-state index in [9.17, 15) is 14.0 Å². The second-order valence-electron chi connectivity index (χ2n) is 4.51. The van der Waals surface area contributed by atoms with Crippen LogP contribution < -0.4 is 10.6 Å². The number of carboxylic acid groups (broad SMARTS) is 1. The van der Waals surface area contributed by atoms with Crippen molar-refractivity contribution in [1.82, 2.24) is 5.32 Å². The van der Waals surface area contributed by atoms with Crippen molar-refractivity contribution < 1.29 is 19.1 Å². The summed E-state index contributed by atoms with van der Waals surface area (Å²) in [4.78, 5) is 22.3. The largest absolute Gasteiger partial charge is 0.481 e. The zero-order valence-electron chi connectivity index (χ0n) is 11.3. The molecule has 0 aliphatic heterocycles. The van der Waals surface area contributed by atoms with Gasteiger partial charge in [0, 0.05) is 11.0 Å². The molecule has 0 aromatic heterocycles. The van der Waals surface area contributed by atoms with Crippen molar-refractivity contribution in [3.05, 3.63) is 27.4 Å². The highest BCUT2D eigenvalue weighted by Crippen LogP contribution is 2.31. The van der Waals surface area contributed by atoms with Crippen LogP contribution in [0.25, 0.3) is 0 Å². The second kappa shape index (κ2) is 8.19. The molecule has 1 aromatic rings. The van der Waals surface area contributed by atoms with Crippen molar-refractivity contribution in [1.29, 1.82) is 0 Å². The average molecular weight is 382 g/mol. The van der Waals surface area contributed by atoms with E-state index in [1.807, 2.05) is 0 Å². The fourth-order valence-electron chi connectivity index (χ4n) is 1.55. The highest BCUT2D eigenvalue weighted by Gasteiger charge is 2.12. The molecule has 8 heteroatoms. The molecular weight excluding hydrogens is 367 g/mol. The van der Waals surface area contributed by atoms with Gasteiger partial charge in [-0.1, -0.05) is 18.5 Å². The maximum Gasteiger partial charge on any atom is 0.319 e. The first-order valence-corrected chi connectivity index (χ1v) is 7.40. The van der Waals surface area contributed by atoms with E-state index in [0.717, 1.165) is 6.07 Å². The molecule has 1 atom stereocenters. The molecule has 0 saturated heterocycles. The summed E-state index contributed by atoms with van der Waals surface area (Å²) in [7, 11) is 0. The van der Waals surface area contributed by atoms with Crippen LogP contribution in [0.3, 0.4) is 0 Å². The molecule has 0 fully saturated rings. The Kier molecular flexibility index (Phi) is 6.91. The van der Waals surface area contributed by atoms with E-state index in [2.05, 4.69) is 26.6 Å². The van der Waals surface area contributed by atoms with Gasteiger partial charge >= 0.3 is 12.0 Å². The summed E-state index contributed by atoms with van der Waals surface area (Å²) < 4.78 is 13.4. The summed E-state index contributed by atoms with van der Waals surface area (Å²) in [5, 5.41) is 13.9. The molecule has 1 unspecified atom stereocenters. The predicted molar refractivity (Wildman–Crippen MR) is 82.2 cm³/mol. The number of carboxylic acids is 1. The normalized spacial score (nSPS) is 11.8. The van der Waals surface area contributed by atoms with Crippen LogP contribution in [-0.4, -0.2) is 23.7 Å². The van der Waals surface area contributed by atoms with E-state index >= 15 is 0 Å². The topological polar surface area (TPSA) is 78.4 Å². The van der Waals surface area contributed by atoms with Gasteiger partial charge in [0.05, 0.1) is 16.6 Å². The van der Waals surface area contributed by atoms with Crippen LogP contribution in [0, 0.1) is 11.7 Å². The van der Waals surface area contributed by atoms with E-state index in [1.165, 1.54) is 6.07 Å². The van der Waals surface area contributed by atoms with Gasteiger partial charge in [-0.05, 0) is 40.9 Å². The van der Waals surface area contributed by atoms with Gasteiger partial charge in [0.25, 0.3) is 0 Å². The highest BCUT2D eigenvalue weighted by atomic mass is 79.9. The summed E-state index contributed by atoms with van der Waals surface area (Å²) in [5.74, 6) is -1.82. The highest BCUT2D eigenvalue weighted by molar-refractivity contribution is 9.10. The van der Waals surface area contributed by atoms with Crippen molar-refractivity contribution in [2.24, 2.45) is 5.92 Å². The number of amides is 2. The minimum Gasteiger partial charge on any atom is -0.481 e. The van der Waals surface area contributed by atoms with Gasteiger partial charge in [0.15, 0.2) is 0 Å². The Bertz CT molecular complexity index is 519. The summed E-state index contributed by atoms with van der Waals surface area (Å²) in [6.45, 7) is 1.94. The zero-order valence-corrected chi connectivity index (χ0v) is 13.6. The first-order valence-electron chi connectivity index (χ1n) is 6.23. The van der Waals surface area contributed by atoms with Crippen LogP contribution in [0.15, 0.2) is 16.6 Å². The molecule has 0 bridgehead atoms. The lowest BCUT2D eigenvalue weighted by Crippen LogP contribution is -2.30. The number of hydrogen-bond acceptors (Lipinski definition) is 2. The minimum absolute atomic E-state index is 0.0801. The molecule has 3 N–H and O–H groups in total. The van der Waals surface area contributed by atoms with Crippen LogP contribution in [0.2, 0.25) is 5.02 Å². The molecule has 116 valence electrons. The zero-order chi connectivity index (χ0) is 16.0. The third-order valence-electron chi connectivity index (χ3n) is 2.77. The third-order valence-corrected chi connectivity index (χ3v) is 3.69. The molecule has 0 radical (unpaired) electrons. The molecule has 0 heterocycles. The molecule has 0 aliphatic rings. The van der Waals surface area contributed by atoms with Crippen LogP contribution in [0.1, 0.15) is 19.8 Å². The Balaban J connectivity index is 2.43. The third kappa shape index (κ3) is 5.89. The van der Waals surface area contributed by atoms with Crippen LogP contribution in [0.5, 0.6) is 0 Å². The summed E-state index contributed by atoms with van der Waals surface area (Å²) in [5.41, 5.74) is 0.273. The van der Waals surface area contributed by atoms with Gasteiger partial charge in [0.2, 0.25) is 0 Å². The van der Waals surface area contributed by atoms with Crippen LogP contribution in [0.4, 0.5) is 14.9 Å². The lowest BCUT2D eigenvalue weighted by atomic mass is 10.1. The van der Waals surface area contributed by atoms with Gasteiger partial charge in [-0.2, -0.15) is 0 Å². The molecule has 1 aromatic carbocycles. The Morgan fingerprint density at radius 3 is 2.71 bits per heavy atom. The molecule has 0 aliphatic carbocycles. The number of halogens is 3. The maximum absolute atomic E-state index is 13.0. The monoisotopic (exact) mass is 380 g/mol. The van der Waals surface area contributed by atoms with Gasteiger partial charge in [-0.25, -0.2) is 9.18 Å². The maximum atomic E-state index is 13.0. The SMILES string of the molecule is CC(CCCNC(=O)Nc1c(Cl)cc(F)cc1Br)C(=O)O. The lowest BCUT2D eigenvalue weighted by Gasteiger charge is -2.11. The van der Waals surface area contributed by atoms with Gasteiger partial charge in [-0.3, -0.25) is 4.79 Å². The first-order chi connectivity index (χ1) is 9.81. The lowest BCUT2D eigenvalue weighted by molar-refractivity contribution is -0.141. The van der Waals surface area contributed by atoms with E-state index < -0.39 is 23.7 Å². The van der Waals surface area contributed by atoms with E-state index in [4.69, 9.17) is 16.7 Å². The number of nitrogens with one attached hydrogen (secondary N) is 2. The summed E-state index contributed by atoms with van der Waals surface area (Å²) in [6, 6.07) is 1.79. The van der Waals surface area contributed by atoms with E-state index in [1.54, 1.807) is 6.92 Å². The number of carbonyl (C=O) groups excluding carboxylic acids is 1. The van der Waals surface area contributed by atoms with E-state index in [-0.39, 0.29) is 10.7 Å². The number of benzene rings is 1. The molecule has 0 spiro atoms. The van der Waals surface area contributed by atoms with Gasteiger partial charge in [-0.15, -0.1) is 0 Å². The number of anilines is 1. The molecule has 5 nitrogen and oxygen atoms in total. The summed E-state index contributed by atoms with van der Waals surface area (Å²) >= 11 is 8.95. The Morgan fingerprint density at radius 1 is 1.48 bits per heavy atom. The fourth-order valence-corrected chi connectivity index (χ4v) is 2.45. The number of rotatable bonds is 6. The quantitative estimate of drug-likeness (QED) is 0.655. The minimum atomic E-state index is -0.860. The van der Waals surface area contributed by atoms with Gasteiger partial charge in [0.1, 0.15) is 5.82 Å². The van der Waals surface area contributed by atoms with Crippen molar-refractivity contribution in [3.63, 3.8) is 0 Å². The fraction of sp³-hybridized carbons (Fsp3) is 0.385. The Hall–Kier alpha value is -1.34. The molecular formula is C13H15BrClFN2O3. The van der Waals surface area contributed by atoms with Crippen LogP contribution >= 0.6 is 27.5 Å². The van der Waals surface area contributed by atoms with Crippen molar-refractivity contribution in [2.75, 3.05) is 11.9 Å².